The summed E-state index contributed by atoms with van der Waals surface area (Å²) in [5.74, 6) is -1.19. The minimum absolute atomic E-state index is 0.0605. The number of amides is 1. The van der Waals surface area contributed by atoms with Crippen molar-refractivity contribution in [1.29, 1.82) is 0 Å². The number of carboxylic acid groups (broad SMARTS) is 1. The predicted molar refractivity (Wildman–Crippen MR) is 72.6 cm³/mol. The molecule has 1 unspecified atom stereocenters. The Balaban J connectivity index is 1.96. The van der Waals surface area contributed by atoms with Crippen molar-refractivity contribution in [2.75, 3.05) is 6.54 Å². The second kappa shape index (κ2) is 6.74. The Bertz CT molecular complexity index is 603. The minimum atomic E-state index is -0.923. The number of aromatic nitrogens is 1. The summed E-state index contributed by atoms with van der Waals surface area (Å²) < 4.78 is 10.1. The SMILES string of the molecule is CCCC(CNC(=O)c1cc(-c2ccco2)on1)C(=O)O. The number of furan rings is 1. The second-order valence-electron chi connectivity index (χ2n) is 4.59. The van der Waals surface area contributed by atoms with E-state index in [0.29, 0.717) is 17.9 Å². The van der Waals surface area contributed by atoms with Gasteiger partial charge in [-0.05, 0) is 18.6 Å². The van der Waals surface area contributed by atoms with Crippen LogP contribution in [0.2, 0.25) is 0 Å². The lowest BCUT2D eigenvalue weighted by Gasteiger charge is -2.11. The highest BCUT2D eigenvalue weighted by molar-refractivity contribution is 5.93. The zero-order chi connectivity index (χ0) is 15.2. The van der Waals surface area contributed by atoms with Crippen LogP contribution in [0.3, 0.4) is 0 Å². The number of nitrogens with one attached hydrogen (secondary N) is 1. The van der Waals surface area contributed by atoms with Crippen molar-refractivity contribution in [2.45, 2.75) is 19.8 Å². The van der Waals surface area contributed by atoms with Crippen LogP contribution in [-0.4, -0.2) is 28.7 Å². The predicted octanol–water partition coefficient (Wildman–Crippen LogP) is 2.17. The van der Waals surface area contributed by atoms with E-state index in [4.69, 9.17) is 14.0 Å². The highest BCUT2D eigenvalue weighted by atomic mass is 16.5. The zero-order valence-corrected chi connectivity index (χ0v) is 11.5. The third-order valence-electron chi connectivity index (χ3n) is 3.00. The van der Waals surface area contributed by atoms with Crippen molar-refractivity contribution in [1.82, 2.24) is 10.5 Å². The topological polar surface area (TPSA) is 106 Å². The van der Waals surface area contributed by atoms with Crippen molar-refractivity contribution in [3.05, 3.63) is 30.2 Å². The molecule has 2 heterocycles. The van der Waals surface area contributed by atoms with Gasteiger partial charge in [-0.15, -0.1) is 0 Å². The van der Waals surface area contributed by atoms with Gasteiger partial charge in [0.2, 0.25) is 5.76 Å². The van der Waals surface area contributed by atoms with Gasteiger partial charge < -0.3 is 19.4 Å². The number of aliphatic carboxylic acids is 1. The average Bonchev–Trinajstić information content (AvgIpc) is 3.11. The van der Waals surface area contributed by atoms with Gasteiger partial charge in [0.25, 0.3) is 5.91 Å². The first-order valence-corrected chi connectivity index (χ1v) is 6.63. The van der Waals surface area contributed by atoms with Crippen molar-refractivity contribution >= 4 is 11.9 Å². The number of carboxylic acids is 1. The molecule has 0 aliphatic rings. The van der Waals surface area contributed by atoms with Crippen molar-refractivity contribution in [3.8, 4) is 11.5 Å². The summed E-state index contributed by atoms with van der Waals surface area (Å²) in [6.45, 7) is 1.95. The summed E-state index contributed by atoms with van der Waals surface area (Å²) in [5.41, 5.74) is 0.0852. The molecular formula is C14H16N2O5. The maximum absolute atomic E-state index is 11.9. The van der Waals surface area contributed by atoms with Gasteiger partial charge >= 0.3 is 5.97 Å². The van der Waals surface area contributed by atoms with E-state index in [1.165, 1.54) is 12.3 Å². The minimum Gasteiger partial charge on any atom is -0.481 e. The van der Waals surface area contributed by atoms with E-state index >= 15 is 0 Å². The summed E-state index contributed by atoms with van der Waals surface area (Å²) >= 11 is 0. The third kappa shape index (κ3) is 3.71. The highest BCUT2D eigenvalue weighted by Gasteiger charge is 2.20. The Morgan fingerprint density at radius 1 is 1.43 bits per heavy atom. The maximum Gasteiger partial charge on any atom is 0.308 e. The molecule has 0 aromatic carbocycles. The van der Waals surface area contributed by atoms with Gasteiger partial charge in [-0.2, -0.15) is 0 Å². The van der Waals surface area contributed by atoms with E-state index < -0.39 is 17.8 Å². The second-order valence-corrected chi connectivity index (χ2v) is 4.59. The van der Waals surface area contributed by atoms with Gasteiger partial charge in [0.1, 0.15) is 0 Å². The molecular weight excluding hydrogens is 276 g/mol. The molecule has 1 atom stereocenters. The van der Waals surface area contributed by atoms with Crippen LogP contribution >= 0.6 is 0 Å². The molecule has 0 aliphatic carbocycles. The van der Waals surface area contributed by atoms with Crippen LogP contribution < -0.4 is 5.32 Å². The Morgan fingerprint density at radius 2 is 2.24 bits per heavy atom. The van der Waals surface area contributed by atoms with Gasteiger partial charge in [0, 0.05) is 12.6 Å². The Hall–Kier alpha value is -2.57. The summed E-state index contributed by atoms with van der Waals surface area (Å²) in [4.78, 5) is 22.9. The first kappa shape index (κ1) is 14.8. The first-order valence-electron chi connectivity index (χ1n) is 6.63. The van der Waals surface area contributed by atoms with E-state index in [1.807, 2.05) is 6.92 Å². The molecule has 0 saturated heterocycles. The monoisotopic (exact) mass is 292 g/mol. The average molecular weight is 292 g/mol. The van der Waals surface area contributed by atoms with Crippen molar-refractivity contribution < 1.29 is 23.6 Å². The Labute approximate surface area is 120 Å². The number of nitrogens with zero attached hydrogens (tertiary/aromatic N) is 1. The van der Waals surface area contributed by atoms with Crippen LogP contribution in [0.4, 0.5) is 0 Å². The van der Waals surface area contributed by atoms with Crippen molar-refractivity contribution in [2.24, 2.45) is 5.92 Å². The number of carbonyl (C=O) groups is 2. The van der Waals surface area contributed by atoms with Crippen LogP contribution in [-0.2, 0) is 4.79 Å². The van der Waals surface area contributed by atoms with Crippen LogP contribution in [0.5, 0.6) is 0 Å². The largest absolute Gasteiger partial charge is 0.481 e. The molecule has 0 fully saturated rings. The van der Waals surface area contributed by atoms with Crippen molar-refractivity contribution in [3.63, 3.8) is 0 Å². The molecule has 0 bridgehead atoms. The molecule has 2 rings (SSSR count). The molecule has 2 aromatic heterocycles. The fraction of sp³-hybridized carbons (Fsp3) is 0.357. The quantitative estimate of drug-likeness (QED) is 0.810. The van der Waals surface area contributed by atoms with Crippen LogP contribution in [0.15, 0.2) is 33.4 Å². The van der Waals surface area contributed by atoms with E-state index in [1.54, 1.807) is 12.1 Å². The van der Waals surface area contributed by atoms with Gasteiger partial charge in [-0.3, -0.25) is 9.59 Å². The van der Waals surface area contributed by atoms with Gasteiger partial charge in [0.05, 0.1) is 12.2 Å². The summed E-state index contributed by atoms with van der Waals surface area (Å²) in [6.07, 6.45) is 2.73. The lowest BCUT2D eigenvalue weighted by Crippen LogP contribution is -2.33. The van der Waals surface area contributed by atoms with E-state index in [0.717, 1.165) is 6.42 Å². The summed E-state index contributed by atoms with van der Waals surface area (Å²) in [6, 6.07) is 4.83. The lowest BCUT2D eigenvalue weighted by atomic mass is 10.0. The molecule has 7 heteroatoms. The molecule has 2 N–H and O–H groups in total. The maximum atomic E-state index is 11.9. The molecule has 2 aromatic rings. The van der Waals surface area contributed by atoms with Crippen LogP contribution in [0, 0.1) is 5.92 Å². The summed E-state index contributed by atoms with van der Waals surface area (Å²) in [7, 11) is 0. The fourth-order valence-corrected chi connectivity index (χ4v) is 1.88. The third-order valence-corrected chi connectivity index (χ3v) is 3.00. The zero-order valence-electron chi connectivity index (χ0n) is 11.5. The molecule has 0 spiro atoms. The normalized spacial score (nSPS) is 12.0. The Kier molecular flexibility index (Phi) is 4.76. The standard InChI is InChI=1S/C14H16N2O5/c1-2-4-9(14(18)19)8-15-13(17)10-7-12(21-16-10)11-5-3-6-20-11/h3,5-7,9H,2,4,8H2,1H3,(H,15,17)(H,18,19). The number of rotatable bonds is 7. The molecule has 1 amide bonds. The van der Waals surface area contributed by atoms with Gasteiger partial charge in [-0.25, -0.2) is 0 Å². The van der Waals surface area contributed by atoms with Crippen LogP contribution in [0.25, 0.3) is 11.5 Å². The molecule has 0 aliphatic heterocycles. The molecule has 0 saturated carbocycles. The van der Waals surface area contributed by atoms with Gasteiger partial charge in [0.15, 0.2) is 11.5 Å². The van der Waals surface area contributed by atoms with E-state index in [-0.39, 0.29) is 12.2 Å². The Morgan fingerprint density at radius 3 is 2.86 bits per heavy atom. The smallest absolute Gasteiger partial charge is 0.308 e. The lowest BCUT2D eigenvalue weighted by molar-refractivity contribution is -0.141. The number of carbonyl (C=O) groups excluding carboxylic acids is 1. The molecule has 0 radical (unpaired) electrons. The van der Waals surface area contributed by atoms with E-state index in [9.17, 15) is 9.59 Å². The number of hydrogen-bond acceptors (Lipinski definition) is 5. The molecule has 112 valence electrons. The number of hydrogen-bond donors (Lipinski definition) is 2. The van der Waals surface area contributed by atoms with Crippen LogP contribution in [0.1, 0.15) is 30.3 Å². The summed E-state index contributed by atoms with van der Waals surface area (Å²) in [5, 5.41) is 15.2. The highest BCUT2D eigenvalue weighted by Crippen LogP contribution is 2.20. The fourth-order valence-electron chi connectivity index (χ4n) is 1.88. The first-order chi connectivity index (χ1) is 10.1. The van der Waals surface area contributed by atoms with Gasteiger partial charge in [-0.1, -0.05) is 18.5 Å². The van der Waals surface area contributed by atoms with E-state index in [2.05, 4.69) is 10.5 Å². The molecule has 7 nitrogen and oxygen atoms in total. The molecule has 21 heavy (non-hydrogen) atoms.